The van der Waals surface area contributed by atoms with Gasteiger partial charge in [0, 0.05) is 31.7 Å². The summed E-state index contributed by atoms with van der Waals surface area (Å²) in [6.07, 6.45) is 9.43. The zero-order valence-corrected chi connectivity index (χ0v) is 19.9. The lowest BCUT2D eigenvalue weighted by Gasteiger charge is -2.35. The van der Waals surface area contributed by atoms with E-state index in [0.29, 0.717) is 12.1 Å². The summed E-state index contributed by atoms with van der Waals surface area (Å²) in [6.45, 7) is 10.8. The summed E-state index contributed by atoms with van der Waals surface area (Å²) in [5.41, 5.74) is 0.948. The van der Waals surface area contributed by atoms with Gasteiger partial charge in [0.05, 0.1) is 0 Å². The molecule has 1 saturated heterocycles. The summed E-state index contributed by atoms with van der Waals surface area (Å²) in [7, 11) is 0. The molecule has 0 atom stereocenters. The Morgan fingerprint density at radius 1 is 1.03 bits per heavy atom. The SMILES string of the molecule is CC(C)(C)OC(=O)N(CCNC1CCN(Cc2ccccc2)CC1)C1CCCCCC1. The lowest BCUT2D eigenvalue weighted by atomic mass is 10.0. The largest absolute Gasteiger partial charge is 0.444 e. The van der Waals surface area contributed by atoms with Crippen LogP contribution in [0, 0.1) is 0 Å². The number of hydrogen-bond donors (Lipinski definition) is 1. The average Bonchev–Trinajstić information content (AvgIpc) is 3.01. The van der Waals surface area contributed by atoms with E-state index in [1.807, 2.05) is 25.7 Å². The van der Waals surface area contributed by atoms with E-state index in [9.17, 15) is 4.79 Å². The first-order valence-electron chi connectivity index (χ1n) is 12.4. The van der Waals surface area contributed by atoms with Crippen LogP contribution in [-0.4, -0.2) is 59.8 Å². The van der Waals surface area contributed by atoms with Crippen LogP contribution in [0.1, 0.15) is 77.7 Å². The zero-order chi connectivity index (χ0) is 22.1. The lowest BCUT2D eigenvalue weighted by molar-refractivity contribution is 0.0144. The van der Waals surface area contributed by atoms with Gasteiger partial charge in [-0.25, -0.2) is 4.79 Å². The Bertz CT molecular complexity index is 642. The maximum absolute atomic E-state index is 12.9. The molecule has 0 unspecified atom stereocenters. The summed E-state index contributed by atoms with van der Waals surface area (Å²) < 4.78 is 5.76. The number of ether oxygens (including phenoxy) is 1. The van der Waals surface area contributed by atoms with Crippen LogP contribution in [0.3, 0.4) is 0 Å². The molecule has 0 bridgehead atoms. The van der Waals surface area contributed by atoms with Crippen molar-refractivity contribution in [3.8, 4) is 0 Å². The molecule has 31 heavy (non-hydrogen) atoms. The molecule has 1 N–H and O–H groups in total. The molecule has 174 valence electrons. The summed E-state index contributed by atoms with van der Waals surface area (Å²) in [4.78, 5) is 17.5. The molecule has 0 radical (unpaired) electrons. The zero-order valence-electron chi connectivity index (χ0n) is 19.9. The summed E-state index contributed by atoms with van der Waals surface area (Å²) in [6, 6.07) is 11.6. The third-order valence-corrected chi connectivity index (χ3v) is 6.52. The highest BCUT2D eigenvalue weighted by Gasteiger charge is 2.29. The lowest BCUT2D eigenvalue weighted by Crippen LogP contribution is -2.48. The molecule has 3 rings (SSSR count). The Morgan fingerprint density at radius 2 is 1.68 bits per heavy atom. The second kappa shape index (κ2) is 11.9. The van der Waals surface area contributed by atoms with Crippen LogP contribution in [-0.2, 0) is 11.3 Å². The van der Waals surface area contributed by atoms with E-state index in [2.05, 4.69) is 40.5 Å². The van der Waals surface area contributed by atoms with Gasteiger partial charge in [0.1, 0.15) is 5.60 Å². The molecular formula is C26H43N3O2. The fourth-order valence-corrected chi connectivity index (χ4v) is 4.84. The first kappa shape index (κ1) is 24.1. The number of hydrogen-bond acceptors (Lipinski definition) is 4. The highest BCUT2D eigenvalue weighted by atomic mass is 16.6. The topological polar surface area (TPSA) is 44.8 Å². The predicted molar refractivity (Wildman–Crippen MR) is 127 cm³/mol. The van der Waals surface area contributed by atoms with Gasteiger partial charge in [-0.15, -0.1) is 0 Å². The minimum Gasteiger partial charge on any atom is -0.444 e. The third kappa shape index (κ3) is 8.46. The number of benzene rings is 1. The second-order valence-electron chi connectivity index (χ2n) is 10.3. The highest BCUT2D eigenvalue weighted by molar-refractivity contribution is 5.68. The van der Waals surface area contributed by atoms with Gasteiger partial charge in [0.2, 0.25) is 0 Å². The van der Waals surface area contributed by atoms with Crippen molar-refractivity contribution in [3.05, 3.63) is 35.9 Å². The molecular weight excluding hydrogens is 386 g/mol. The van der Waals surface area contributed by atoms with Gasteiger partial charge in [-0.3, -0.25) is 4.90 Å². The van der Waals surface area contributed by atoms with Crippen LogP contribution in [0.5, 0.6) is 0 Å². The fourth-order valence-electron chi connectivity index (χ4n) is 4.84. The minimum absolute atomic E-state index is 0.140. The number of nitrogens with one attached hydrogen (secondary N) is 1. The van der Waals surface area contributed by atoms with Gasteiger partial charge >= 0.3 is 6.09 Å². The van der Waals surface area contributed by atoms with Gasteiger partial charge in [-0.05, 0) is 65.1 Å². The van der Waals surface area contributed by atoms with Crippen molar-refractivity contribution in [1.82, 2.24) is 15.1 Å². The Kier molecular flexibility index (Phi) is 9.21. The van der Waals surface area contributed by atoms with Crippen molar-refractivity contribution < 1.29 is 9.53 Å². The van der Waals surface area contributed by atoms with Gasteiger partial charge in [0.25, 0.3) is 0 Å². The Hall–Kier alpha value is -1.59. The van der Waals surface area contributed by atoms with Crippen LogP contribution in [0.25, 0.3) is 0 Å². The molecule has 1 aromatic carbocycles. The number of carbonyl (C=O) groups is 1. The summed E-state index contributed by atoms with van der Waals surface area (Å²) in [5, 5.41) is 3.73. The molecule has 2 aliphatic rings. The smallest absolute Gasteiger partial charge is 0.410 e. The monoisotopic (exact) mass is 429 g/mol. The van der Waals surface area contributed by atoms with Crippen LogP contribution >= 0.6 is 0 Å². The number of carbonyl (C=O) groups excluding carboxylic acids is 1. The number of nitrogens with zero attached hydrogens (tertiary/aromatic N) is 2. The standard InChI is InChI=1S/C26H43N3O2/c1-26(2,3)31-25(30)29(24-13-9-4-5-10-14-24)20-17-27-23-15-18-28(19-16-23)21-22-11-7-6-8-12-22/h6-8,11-12,23-24,27H,4-5,9-10,13-21H2,1-3H3. The van der Waals surface area contributed by atoms with Gasteiger partial charge in [-0.2, -0.15) is 0 Å². The minimum atomic E-state index is -0.445. The normalized spacial score (nSPS) is 19.7. The van der Waals surface area contributed by atoms with Crippen molar-refractivity contribution in [2.45, 2.75) is 96.4 Å². The van der Waals surface area contributed by atoms with Crippen molar-refractivity contribution >= 4 is 6.09 Å². The molecule has 1 heterocycles. The van der Waals surface area contributed by atoms with Crippen molar-refractivity contribution in [2.75, 3.05) is 26.2 Å². The Morgan fingerprint density at radius 3 is 2.29 bits per heavy atom. The number of amides is 1. The highest BCUT2D eigenvalue weighted by Crippen LogP contribution is 2.23. The van der Waals surface area contributed by atoms with Crippen LogP contribution in [0.15, 0.2) is 30.3 Å². The van der Waals surface area contributed by atoms with E-state index in [1.54, 1.807) is 0 Å². The molecule has 1 aliphatic heterocycles. The third-order valence-electron chi connectivity index (χ3n) is 6.52. The number of piperidine rings is 1. The molecule has 1 aromatic rings. The van der Waals surface area contributed by atoms with Crippen LogP contribution < -0.4 is 5.32 Å². The molecule has 5 heteroatoms. The molecule has 2 fully saturated rings. The van der Waals surface area contributed by atoms with Gasteiger partial charge in [0.15, 0.2) is 0 Å². The maximum Gasteiger partial charge on any atom is 0.410 e. The van der Waals surface area contributed by atoms with Crippen LogP contribution in [0.2, 0.25) is 0 Å². The molecule has 1 saturated carbocycles. The Balaban J connectivity index is 1.44. The van der Waals surface area contributed by atoms with E-state index in [0.717, 1.165) is 45.6 Å². The van der Waals surface area contributed by atoms with E-state index >= 15 is 0 Å². The Labute approximate surface area is 189 Å². The van der Waals surface area contributed by atoms with Gasteiger partial charge in [-0.1, -0.05) is 56.0 Å². The van der Waals surface area contributed by atoms with Crippen molar-refractivity contribution in [1.29, 1.82) is 0 Å². The summed E-state index contributed by atoms with van der Waals surface area (Å²) >= 11 is 0. The first-order valence-corrected chi connectivity index (χ1v) is 12.4. The molecule has 1 aliphatic carbocycles. The predicted octanol–water partition coefficient (Wildman–Crippen LogP) is 5.20. The quantitative estimate of drug-likeness (QED) is 0.605. The van der Waals surface area contributed by atoms with E-state index in [4.69, 9.17) is 4.74 Å². The van der Waals surface area contributed by atoms with E-state index < -0.39 is 5.60 Å². The maximum atomic E-state index is 12.9. The van der Waals surface area contributed by atoms with Crippen molar-refractivity contribution in [3.63, 3.8) is 0 Å². The second-order valence-corrected chi connectivity index (χ2v) is 10.3. The number of likely N-dealkylation sites (tertiary alicyclic amines) is 1. The number of rotatable bonds is 7. The molecule has 5 nitrogen and oxygen atoms in total. The van der Waals surface area contributed by atoms with Crippen LogP contribution in [0.4, 0.5) is 4.79 Å². The molecule has 1 amide bonds. The average molecular weight is 430 g/mol. The summed E-state index contributed by atoms with van der Waals surface area (Å²) in [5.74, 6) is 0. The fraction of sp³-hybridized carbons (Fsp3) is 0.731. The van der Waals surface area contributed by atoms with Gasteiger partial charge < -0.3 is 15.0 Å². The molecule has 0 aromatic heterocycles. The van der Waals surface area contributed by atoms with E-state index in [1.165, 1.54) is 44.1 Å². The van der Waals surface area contributed by atoms with E-state index in [-0.39, 0.29) is 6.09 Å². The first-order chi connectivity index (χ1) is 14.9. The van der Waals surface area contributed by atoms with Crippen molar-refractivity contribution in [2.24, 2.45) is 0 Å². The molecule has 0 spiro atoms.